The summed E-state index contributed by atoms with van der Waals surface area (Å²) in [5.74, 6) is 0.401. The van der Waals surface area contributed by atoms with Crippen LogP contribution in [-0.2, 0) is 4.79 Å². The molecule has 3 amide bonds. The molecule has 0 aromatic heterocycles. The third kappa shape index (κ3) is 4.40. The third-order valence-corrected chi connectivity index (χ3v) is 3.39. The zero-order valence-corrected chi connectivity index (χ0v) is 13.6. The van der Waals surface area contributed by atoms with Crippen LogP contribution in [0, 0.1) is 0 Å². The van der Waals surface area contributed by atoms with Crippen molar-refractivity contribution < 1.29 is 14.3 Å². The van der Waals surface area contributed by atoms with E-state index in [2.05, 4.69) is 23.4 Å². The molecule has 0 heterocycles. The Labute approximate surface area is 140 Å². The van der Waals surface area contributed by atoms with Crippen LogP contribution < -0.4 is 19.7 Å². The van der Waals surface area contributed by atoms with Crippen molar-refractivity contribution >= 4 is 41.8 Å². The number of carbonyl (C=O) groups excluding carboxylic acids is 2. The summed E-state index contributed by atoms with van der Waals surface area (Å²) in [4.78, 5) is 23.2. The second-order valence-electron chi connectivity index (χ2n) is 4.67. The fourth-order valence-electron chi connectivity index (χ4n) is 1.92. The molecule has 0 saturated heterocycles. The number of hydrogen-bond donors (Lipinski definition) is 3. The van der Waals surface area contributed by atoms with Crippen molar-refractivity contribution in [2.24, 2.45) is 0 Å². The molecule has 0 bridgehead atoms. The van der Waals surface area contributed by atoms with Gasteiger partial charge in [0.2, 0.25) is 5.91 Å². The summed E-state index contributed by atoms with van der Waals surface area (Å²) in [5, 5.41) is 5.38. The van der Waals surface area contributed by atoms with Gasteiger partial charge < -0.3 is 15.4 Å². The number of ether oxygens (including phenoxy) is 1. The van der Waals surface area contributed by atoms with E-state index in [9.17, 15) is 9.59 Å². The molecule has 23 heavy (non-hydrogen) atoms. The number of urea groups is 1. The molecule has 2 aromatic carbocycles. The summed E-state index contributed by atoms with van der Waals surface area (Å²) in [6.07, 6.45) is 0. The molecule has 0 saturated carbocycles. The van der Waals surface area contributed by atoms with Gasteiger partial charge in [0.25, 0.3) is 0 Å². The number of methoxy groups -OCH3 is 1. The van der Waals surface area contributed by atoms with Gasteiger partial charge >= 0.3 is 6.03 Å². The average molecular weight is 331 g/mol. The van der Waals surface area contributed by atoms with Gasteiger partial charge in [0.15, 0.2) is 0 Å². The smallest absolute Gasteiger partial charge is 0.336 e. The minimum absolute atomic E-state index is 0.158. The molecule has 120 valence electrons. The van der Waals surface area contributed by atoms with Gasteiger partial charge in [0.1, 0.15) is 5.75 Å². The second-order valence-corrected chi connectivity index (χ2v) is 5.07. The zero-order valence-electron chi connectivity index (χ0n) is 12.7. The Morgan fingerprint density at radius 2 is 1.70 bits per heavy atom. The predicted octanol–water partition coefficient (Wildman–Crippen LogP) is 3.54. The highest BCUT2D eigenvalue weighted by molar-refractivity contribution is 7.82. The van der Waals surface area contributed by atoms with E-state index >= 15 is 0 Å². The van der Waals surface area contributed by atoms with E-state index < -0.39 is 6.03 Å². The average Bonchev–Trinajstić information content (AvgIpc) is 2.55. The molecular formula is C16H17N3O3S. The summed E-state index contributed by atoms with van der Waals surface area (Å²) in [5.41, 5.74) is 1.76. The van der Waals surface area contributed by atoms with E-state index in [1.54, 1.807) is 42.5 Å². The standard InChI is InChI=1S/C16H17N3O3S/c1-11(20)17-12-7-9-13(10-8-12)19(23)16(21)18-14-5-3-4-6-15(14)22-2/h3-10,23H,1-2H3,(H,17,20)(H,18,21). The number of nitrogens with zero attached hydrogens (tertiary/aromatic N) is 1. The van der Waals surface area contributed by atoms with Gasteiger partial charge in [-0.3, -0.25) is 4.79 Å². The maximum absolute atomic E-state index is 12.3. The summed E-state index contributed by atoms with van der Waals surface area (Å²) >= 11 is 4.21. The van der Waals surface area contributed by atoms with Gasteiger partial charge in [0, 0.05) is 12.6 Å². The Morgan fingerprint density at radius 3 is 2.30 bits per heavy atom. The number of hydrogen-bond acceptors (Lipinski definition) is 4. The first-order valence-electron chi connectivity index (χ1n) is 6.82. The Bertz CT molecular complexity index is 704. The van der Waals surface area contributed by atoms with Crippen molar-refractivity contribution in [3.8, 4) is 5.75 Å². The van der Waals surface area contributed by atoms with Crippen LogP contribution in [0.4, 0.5) is 21.9 Å². The molecule has 0 fully saturated rings. The van der Waals surface area contributed by atoms with Crippen LogP contribution in [0.1, 0.15) is 6.92 Å². The number of para-hydroxylation sites is 2. The van der Waals surface area contributed by atoms with Gasteiger partial charge in [-0.05, 0) is 36.4 Å². The lowest BCUT2D eigenvalue weighted by molar-refractivity contribution is -0.114. The fourth-order valence-corrected chi connectivity index (χ4v) is 2.11. The lowest BCUT2D eigenvalue weighted by atomic mass is 10.2. The molecule has 6 nitrogen and oxygen atoms in total. The molecule has 2 aromatic rings. The molecule has 0 aliphatic heterocycles. The molecule has 7 heteroatoms. The summed E-state index contributed by atoms with van der Waals surface area (Å²) in [6, 6.07) is 13.4. The summed E-state index contributed by atoms with van der Waals surface area (Å²) in [6.45, 7) is 1.43. The highest BCUT2D eigenvalue weighted by atomic mass is 32.1. The number of thiol groups is 1. The van der Waals surface area contributed by atoms with Crippen LogP contribution in [0.2, 0.25) is 0 Å². The number of rotatable bonds is 4. The Hall–Kier alpha value is -2.67. The van der Waals surface area contributed by atoms with E-state index in [0.717, 1.165) is 0 Å². The molecule has 0 unspecified atom stereocenters. The largest absolute Gasteiger partial charge is 0.495 e. The normalized spacial score (nSPS) is 9.87. The topological polar surface area (TPSA) is 70.7 Å². The lowest BCUT2D eigenvalue weighted by Gasteiger charge is -2.18. The maximum atomic E-state index is 12.3. The fraction of sp³-hybridized carbons (Fsp3) is 0.125. The Kier molecular flexibility index (Phi) is 5.48. The highest BCUT2D eigenvalue weighted by Gasteiger charge is 2.14. The van der Waals surface area contributed by atoms with Crippen molar-refractivity contribution in [1.29, 1.82) is 0 Å². The Balaban J connectivity index is 2.08. The van der Waals surface area contributed by atoms with Gasteiger partial charge in [-0.2, -0.15) is 0 Å². The minimum Gasteiger partial charge on any atom is -0.495 e. The molecule has 2 rings (SSSR count). The SMILES string of the molecule is COc1ccccc1NC(=O)N(S)c1ccc(NC(C)=O)cc1. The van der Waals surface area contributed by atoms with E-state index in [-0.39, 0.29) is 5.91 Å². The van der Waals surface area contributed by atoms with Crippen molar-refractivity contribution in [3.05, 3.63) is 48.5 Å². The van der Waals surface area contributed by atoms with Crippen LogP contribution in [0.15, 0.2) is 48.5 Å². The molecule has 2 N–H and O–H groups in total. The van der Waals surface area contributed by atoms with E-state index in [4.69, 9.17) is 4.74 Å². The van der Waals surface area contributed by atoms with Gasteiger partial charge in [-0.1, -0.05) is 24.9 Å². The van der Waals surface area contributed by atoms with Crippen molar-refractivity contribution in [2.75, 3.05) is 22.0 Å². The number of amides is 3. The lowest BCUT2D eigenvalue weighted by Crippen LogP contribution is -2.26. The maximum Gasteiger partial charge on any atom is 0.336 e. The first kappa shape index (κ1) is 16.7. The van der Waals surface area contributed by atoms with E-state index in [1.807, 2.05) is 6.07 Å². The molecule has 0 spiro atoms. The third-order valence-electron chi connectivity index (χ3n) is 2.97. The monoisotopic (exact) mass is 331 g/mol. The Morgan fingerprint density at radius 1 is 1.04 bits per heavy atom. The van der Waals surface area contributed by atoms with E-state index in [0.29, 0.717) is 22.8 Å². The second kappa shape index (κ2) is 7.55. The number of carbonyl (C=O) groups is 2. The quantitative estimate of drug-likeness (QED) is 0.751. The first-order valence-corrected chi connectivity index (χ1v) is 7.22. The van der Waals surface area contributed by atoms with Crippen LogP contribution in [-0.4, -0.2) is 19.0 Å². The molecule has 0 radical (unpaired) electrons. The van der Waals surface area contributed by atoms with Gasteiger partial charge in [0.05, 0.1) is 18.5 Å². The molecular weight excluding hydrogens is 314 g/mol. The van der Waals surface area contributed by atoms with E-state index in [1.165, 1.54) is 18.3 Å². The molecule has 0 aliphatic carbocycles. The minimum atomic E-state index is -0.426. The highest BCUT2D eigenvalue weighted by Crippen LogP contribution is 2.25. The van der Waals surface area contributed by atoms with Crippen molar-refractivity contribution in [3.63, 3.8) is 0 Å². The predicted molar refractivity (Wildman–Crippen MR) is 94.2 cm³/mol. The van der Waals surface area contributed by atoms with Crippen LogP contribution in [0.25, 0.3) is 0 Å². The first-order chi connectivity index (χ1) is 11.0. The van der Waals surface area contributed by atoms with Crippen LogP contribution in [0.3, 0.4) is 0 Å². The number of benzene rings is 2. The van der Waals surface area contributed by atoms with Gasteiger partial charge in [-0.25, -0.2) is 9.10 Å². The van der Waals surface area contributed by atoms with Gasteiger partial charge in [-0.15, -0.1) is 0 Å². The summed E-state index contributed by atoms with van der Waals surface area (Å²) < 4.78 is 6.36. The number of nitrogens with one attached hydrogen (secondary N) is 2. The zero-order chi connectivity index (χ0) is 16.8. The van der Waals surface area contributed by atoms with Crippen molar-refractivity contribution in [2.45, 2.75) is 6.92 Å². The molecule has 0 aliphatic rings. The van der Waals surface area contributed by atoms with Crippen molar-refractivity contribution in [1.82, 2.24) is 0 Å². The van der Waals surface area contributed by atoms with Crippen LogP contribution in [0.5, 0.6) is 5.75 Å². The summed E-state index contributed by atoms with van der Waals surface area (Å²) in [7, 11) is 1.53. The van der Waals surface area contributed by atoms with Crippen LogP contribution >= 0.6 is 12.8 Å². The number of anilines is 3. The molecule has 0 atom stereocenters.